The van der Waals surface area contributed by atoms with Crippen LogP contribution < -0.4 is 17.1 Å². The van der Waals surface area contributed by atoms with Gasteiger partial charge in [0, 0.05) is 26.5 Å². The Morgan fingerprint density at radius 1 is 1.45 bits per heavy atom. The van der Waals surface area contributed by atoms with Gasteiger partial charge >= 0.3 is 0 Å². The Hall–Kier alpha value is -0.450. The molecule has 0 amide bonds. The van der Waals surface area contributed by atoms with Crippen LogP contribution in [-0.2, 0) is 9.47 Å². The van der Waals surface area contributed by atoms with E-state index in [4.69, 9.17) is 21.2 Å². The van der Waals surface area contributed by atoms with Crippen LogP contribution in [0.25, 0.3) is 0 Å². The first kappa shape index (κ1) is 17.9. The van der Waals surface area contributed by atoms with Crippen molar-refractivity contribution in [1.29, 1.82) is 0 Å². The molecule has 0 aromatic carbocycles. The predicted molar refractivity (Wildman–Crippen MR) is 74.6 cm³/mol. The third kappa shape index (κ3) is 4.30. The maximum absolute atomic E-state index is 13.5. The van der Waals surface area contributed by atoms with E-state index in [0.29, 0.717) is 13.0 Å². The van der Waals surface area contributed by atoms with Crippen LogP contribution >= 0.6 is 0 Å². The van der Waals surface area contributed by atoms with Crippen LogP contribution in [0, 0.1) is 0 Å². The fourth-order valence-electron chi connectivity index (χ4n) is 3.21. The van der Waals surface area contributed by atoms with Gasteiger partial charge in [0.1, 0.15) is 6.17 Å². The summed E-state index contributed by atoms with van der Waals surface area (Å²) in [5.74, 6) is 8.63. The average molecular weight is 326 g/mol. The summed E-state index contributed by atoms with van der Waals surface area (Å²) in [6, 6.07) is -0.790. The molecule has 2 rings (SSSR count). The lowest BCUT2D eigenvalue weighted by Gasteiger charge is -2.41. The summed E-state index contributed by atoms with van der Waals surface area (Å²) in [6.45, 7) is 0.269. The molecule has 1 aliphatic heterocycles. The minimum Gasteiger partial charge on any atom is -0.380 e. The van der Waals surface area contributed by atoms with E-state index in [1.165, 1.54) is 12.1 Å². The molecule has 130 valence electrons. The zero-order valence-electron chi connectivity index (χ0n) is 12.7. The zero-order chi connectivity index (χ0) is 16.3. The van der Waals surface area contributed by atoms with E-state index in [0.717, 1.165) is 0 Å². The summed E-state index contributed by atoms with van der Waals surface area (Å²) in [7, 11) is 1.41. The highest BCUT2D eigenvalue weighted by atomic mass is 19.3. The molecule has 1 saturated heterocycles. The molecule has 9 heteroatoms. The first-order valence-electron chi connectivity index (χ1n) is 7.50. The standard InChI is InChI=1S/C13H25F3N4O2/c1-21-12-5-13(15,16)3-2-11(12)20(18)6-8-4-10(19-17)9(14)7-22-8/h8-12,19H,2-7,17-18H2,1H3. The van der Waals surface area contributed by atoms with Crippen molar-refractivity contribution in [2.75, 3.05) is 20.3 Å². The van der Waals surface area contributed by atoms with Crippen LogP contribution in [0.3, 0.4) is 0 Å². The van der Waals surface area contributed by atoms with Crippen LogP contribution in [-0.4, -0.2) is 61.7 Å². The Bertz CT molecular complexity index is 364. The molecule has 5 atom stereocenters. The molecule has 0 radical (unpaired) electrons. The van der Waals surface area contributed by atoms with Crippen molar-refractivity contribution in [1.82, 2.24) is 10.4 Å². The number of hydrogen-bond donors (Lipinski definition) is 3. The van der Waals surface area contributed by atoms with Gasteiger partial charge in [-0.1, -0.05) is 0 Å². The van der Waals surface area contributed by atoms with Crippen molar-refractivity contribution in [2.45, 2.75) is 62.1 Å². The van der Waals surface area contributed by atoms with E-state index in [1.54, 1.807) is 0 Å². The monoisotopic (exact) mass is 326 g/mol. The van der Waals surface area contributed by atoms with Gasteiger partial charge in [0.15, 0.2) is 0 Å². The molecule has 2 fully saturated rings. The third-order valence-electron chi connectivity index (χ3n) is 4.54. The molecular weight excluding hydrogens is 301 g/mol. The highest BCUT2D eigenvalue weighted by Gasteiger charge is 2.44. The number of alkyl halides is 3. The van der Waals surface area contributed by atoms with Crippen LogP contribution in [0.4, 0.5) is 13.2 Å². The molecule has 2 aliphatic rings. The Morgan fingerprint density at radius 2 is 2.18 bits per heavy atom. The number of halogens is 3. The van der Waals surface area contributed by atoms with Crippen LogP contribution in [0.1, 0.15) is 25.7 Å². The summed E-state index contributed by atoms with van der Waals surface area (Å²) >= 11 is 0. The van der Waals surface area contributed by atoms with E-state index in [9.17, 15) is 13.2 Å². The average Bonchev–Trinajstić information content (AvgIpc) is 2.48. The molecule has 0 aromatic rings. The predicted octanol–water partition coefficient (Wildman–Crippen LogP) is 0.324. The van der Waals surface area contributed by atoms with E-state index < -0.39 is 24.2 Å². The van der Waals surface area contributed by atoms with E-state index in [2.05, 4.69) is 5.43 Å². The van der Waals surface area contributed by atoms with Crippen LogP contribution in [0.15, 0.2) is 0 Å². The molecular formula is C13H25F3N4O2. The summed E-state index contributed by atoms with van der Waals surface area (Å²) in [5.41, 5.74) is 2.43. The fourth-order valence-corrected chi connectivity index (χ4v) is 3.21. The summed E-state index contributed by atoms with van der Waals surface area (Å²) in [5, 5.41) is 1.49. The number of methoxy groups -OCH3 is 1. The van der Waals surface area contributed by atoms with Crippen LogP contribution in [0.5, 0.6) is 0 Å². The maximum atomic E-state index is 13.5. The Morgan fingerprint density at radius 3 is 2.82 bits per heavy atom. The lowest BCUT2D eigenvalue weighted by molar-refractivity contribution is -0.128. The number of ether oxygens (including phenoxy) is 2. The zero-order valence-corrected chi connectivity index (χ0v) is 12.7. The molecule has 1 heterocycles. The van der Waals surface area contributed by atoms with Gasteiger partial charge < -0.3 is 9.47 Å². The largest absolute Gasteiger partial charge is 0.380 e. The normalized spacial score (nSPS) is 39.1. The van der Waals surface area contributed by atoms with E-state index >= 15 is 0 Å². The van der Waals surface area contributed by atoms with Crippen molar-refractivity contribution < 1.29 is 22.6 Å². The molecule has 1 saturated carbocycles. The van der Waals surface area contributed by atoms with Gasteiger partial charge in [0.25, 0.3) is 5.92 Å². The van der Waals surface area contributed by atoms with Gasteiger partial charge in [-0.05, 0) is 12.8 Å². The topological polar surface area (TPSA) is 85.8 Å². The third-order valence-corrected chi connectivity index (χ3v) is 4.54. The summed E-state index contributed by atoms with van der Waals surface area (Å²) in [4.78, 5) is 0. The Labute approximate surface area is 128 Å². The van der Waals surface area contributed by atoms with Crippen molar-refractivity contribution in [3.05, 3.63) is 0 Å². The van der Waals surface area contributed by atoms with Crippen molar-refractivity contribution >= 4 is 0 Å². The highest BCUT2D eigenvalue weighted by molar-refractivity contribution is 4.91. The smallest absolute Gasteiger partial charge is 0.250 e. The second-order valence-electron chi connectivity index (χ2n) is 6.12. The molecule has 0 spiro atoms. The summed E-state index contributed by atoms with van der Waals surface area (Å²) < 4.78 is 51.0. The number of hydrogen-bond acceptors (Lipinski definition) is 6. The van der Waals surface area contributed by atoms with Gasteiger partial charge in [0.05, 0.1) is 30.9 Å². The van der Waals surface area contributed by atoms with Gasteiger partial charge in [0.2, 0.25) is 0 Å². The van der Waals surface area contributed by atoms with Gasteiger partial charge in [-0.2, -0.15) is 0 Å². The molecule has 6 nitrogen and oxygen atoms in total. The Balaban J connectivity index is 1.90. The van der Waals surface area contributed by atoms with Gasteiger partial charge in [-0.15, -0.1) is 0 Å². The first-order valence-corrected chi connectivity index (χ1v) is 7.50. The fraction of sp³-hybridized carbons (Fsp3) is 1.00. The number of hydrazine groups is 2. The molecule has 1 aliphatic carbocycles. The highest BCUT2D eigenvalue weighted by Crippen LogP contribution is 2.36. The van der Waals surface area contributed by atoms with E-state index in [-0.39, 0.29) is 38.0 Å². The van der Waals surface area contributed by atoms with Gasteiger partial charge in [-0.3, -0.25) is 17.1 Å². The number of rotatable bonds is 5. The lowest BCUT2D eigenvalue weighted by Crippen LogP contribution is -2.58. The van der Waals surface area contributed by atoms with Crippen LogP contribution in [0.2, 0.25) is 0 Å². The second kappa shape index (κ2) is 7.41. The number of nitrogens with one attached hydrogen (secondary N) is 1. The quantitative estimate of drug-likeness (QED) is 0.498. The van der Waals surface area contributed by atoms with Crippen molar-refractivity contribution in [3.8, 4) is 0 Å². The van der Waals surface area contributed by atoms with Gasteiger partial charge in [-0.25, -0.2) is 18.2 Å². The SMILES string of the molecule is COC1CC(F)(F)CCC1N(N)CC1CC(NN)C(F)CO1. The molecule has 5 N–H and O–H groups in total. The Kier molecular flexibility index (Phi) is 6.03. The minimum absolute atomic E-state index is 0.0518. The first-order chi connectivity index (χ1) is 10.4. The molecule has 22 heavy (non-hydrogen) atoms. The molecule has 0 bridgehead atoms. The molecule has 0 aromatic heterocycles. The van der Waals surface area contributed by atoms with Crippen molar-refractivity contribution in [3.63, 3.8) is 0 Å². The maximum Gasteiger partial charge on any atom is 0.250 e. The minimum atomic E-state index is -2.71. The second-order valence-corrected chi connectivity index (χ2v) is 6.12. The number of nitrogens with two attached hydrogens (primary N) is 2. The lowest BCUT2D eigenvalue weighted by atomic mass is 9.88. The summed E-state index contributed by atoms with van der Waals surface area (Å²) in [6.07, 6.45) is -2.01. The van der Waals surface area contributed by atoms with E-state index in [1.807, 2.05) is 0 Å². The van der Waals surface area contributed by atoms with Crippen molar-refractivity contribution in [2.24, 2.45) is 11.7 Å². The number of nitrogens with zero attached hydrogens (tertiary/aromatic N) is 1. The molecule has 5 unspecified atom stereocenters.